The number of esters is 2. The molecule has 0 spiro atoms. The number of nitrogens with zero attached hydrogens (tertiary/aromatic N) is 4. The van der Waals surface area contributed by atoms with Crippen molar-refractivity contribution in [3.05, 3.63) is 80.4 Å². The van der Waals surface area contributed by atoms with Gasteiger partial charge >= 0.3 is 37.0 Å². The maximum Gasteiger partial charge on any atom is 0.388 e. The highest BCUT2D eigenvalue weighted by atomic mass is 32.9. The molecule has 0 radical (unpaired) electrons. The minimum absolute atomic E-state index is 0.0107. The van der Waals surface area contributed by atoms with Crippen LogP contribution in [0.4, 0.5) is 5.69 Å². The first-order valence-corrected chi connectivity index (χ1v) is 44.0. The third kappa shape index (κ3) is 34.7. The molecule has 492 valence electrons. The molecule has 0 bridgehead atoms. The first kappa shape index (κ1) is 84.4. The topological polar surface area (TPSA) is 311 Å². The highest BCUT2D eigenvalue weighted by Crippen LogP contribution is 2.62. The minimum atomic E-state index is -2.97. The second-order valence-corrected chi connectivity index (χ2v) is 40.7. The van der Waals surface area contributed by atoms with Crippen LogP contribution in [0.1, 0.15) is 54.9 Å². The molecule has 2 atom stereocenters. The van der Waals surface area contributed by atoms with Gasteiger partial charge in [0, 0.05) is 112 Å². The molecule has 0 amide bonds. The summed E-state index contributed by atoms with van der Waals surface area (Å²) >= 11 is 25.0. The lowest BCUT2D eigenvalue weighted by Gasteiger charge is -2.21. The monoisotopic (exact) mass is 1480 g/mol. The Hall–Kier alpha value is -1.62. The highest BCUT2D eigenvalue weighted by molar-refractivity contribution is 8.68. The number of rotatable bonds is 36. The second kappa shape index (κ2) is 46.4. The van der Waals surface area contributed by atoms with E-state index >= 15 is 0 Å². The third-order valence-electron chi connectivity index (χ3n) is 8.95. The lowest BCUT2D eigenvalue weighted by atomic mass is 10.2. The number of nitro benzene ring substituents is 1. The van der Waals surface area contributed by atoms with E-state index < -0.39 is 64.5 Å². The summed E-state index contributed by atoms with van der Waals surface area (Å²) in [5.74, 6) is 2.24. The van der Waals surface area contributed by atoms with Crippen LogP contribution < -0.4 is 18.7 Å². The van der Waals surface area contributed by atoms with Crippen LogP contribution in [-0.2, 0) is 133 Å². The van der Waals surface area contributed by atoms with E-state index in [9.17, 15) is 33.3 Å². The molecule has 2 aromatic heterocycles. The van der Waals surface area contributed by atoms with Crippen molar-refractivity contribution >= 4 is 153 Å². The van der Waals surface area contributed by atoms with Crippen molar-refractivity contribution < 1.29 is 96.3 Å². The predicted octanol–water partition coefficient (Wildman–Crippen LogP) is 12.8. The molecule has 0 fully saturated rings. The maximum absolute atomic E-state index is 11.8. The van der Waals surface area contributed by atoms with E-state index in [0.717, 1.165) is 39.7 Å². The van der Waals surface area contributed by atoms with Crippen LogP contribution in [0.2, 0.25) is 0 Å². The lowest BCUT2D eigenvalue weighted by Crippen LogP contribution is -2.24. The molecule has 27 nitrogen and oxygen atoms in total. The van der Waals surface area contributed by atoms with E-state index in [1.807, 2.05) is 51.1 Å². The van der Waals surface area contributed by atoms with Gasteiger partial charge in [-0.2, -0.15) is 0 Å². The molecule has 4 rings (SSSR count). The fourth-order valence-corrected chi connectivity index (χ4v) is 20.2. The molecule has 41 heteroatoms. The molecule has 86 heavy (non-hydrogen) atoms. The smallest absolute Gasteiger partial charge is 0.388 e. The number of non-ortho nitro benzene ring substituents is 1. The Labute approximate surface area is 541 Å². The van der Waals surface area contributed by atoms with Gasteiger partial charge in [0.05, 0.1) is 64.2 Å². The zero-order valence-corrected chi connectivity index (χ0v) is 61.5. The molecule has 4 aromatic rings. The van der Waals surface area contributed by atoms with E-state index in [-0.39, 0.29) is 42.0 Å². The Balaban J connectivity index is 0.00000106. The van der Waals surface area contributed by atoms with E-state index in [1.165, 1.54) is 90.1 Å². The van der Waals surface area contributed by atoms with E-state index in [0.29, 0.717) is 60.4 Å². The minimum Gasteiger partial charge on any atom is -0.472 e. The summed E-state index contributed by atoms with van der Waals surface area (Å²) in [5.41, 5.74) is -4.10. The van der Waals surface area contributed by atoms with E-state index in [2.05, 4.69) is 10.3 Å². The Bertz CT molecular complexity index is 2870. The number of benzene rings is 2. The molecular weight excluding hydrogens is 1410 g/mol. The van der Waals surface area contributed by atoms with E-state index in [4.69, 9.17) is 120 Å². The summed E-state index contributed by atoms with van der Waals surface area (Å²) < 4.78 is 106. The Morgan fingerprint density at radius 2 is 1.26 bits per heavy atom. The van der Waals surface area contributed by atoms with Crippen molar-refractivity contribution in [1.29, 1.82) is 0 Å². The van der Waals surface area contributed by atoms with Crippen LogP contribution in [0.15, 0.2) is 70.0 Å². The average Bonchev–Trinajstić information content (AvgIpc) is 4.14. The normalized spacial score (nSPS) is 12.2. The molecule has 0 N–H and O–H groups in total. The molecule has 2 aromatic carbocycles. The first-order valence-electron chi connectivity index (χ1n) is 25.1. The molecule has 0 aliphatic rings. The summed E-state index contributed by atoms with van der Waals surface area (Å²) in [6, 6.07) is 16.9. The Morgan fingerprint density at radius 3 is 1.70 bits per heavy atom. The highest BCUT2D eigenvalue weighted by Gasteiger charge is 2.32. The standard InChI is InChI=1S/C13H16NO4PS.C10H14NO5PS.C10H19O6PS2.C6H11N2O4PS3.C6H15O4PS2/c1-3-15-19(20,16-4-2)18-13-10-12(17-14-13)11-8-6-5-7-9-11;1-3-14-17(18,15-4-2)16-10-7-5-9(6-8-10)11(12)13;1-5-15-9(11)7-8(10(12)16-6-2)19-17(18,13-3)14-4;1-10-5-7-8(6(9)16-5)4-15-13(14,11-2)12-3;1-4-13(8)6-5-12-11(7,9-2)10-3/h5-10H,3-4H2,1-2H3;5-8H,3-4H2,1-2H3;8H,5-7H2,1-4H3;4H2,1-3H3;4-6H2,1-3H3. The zero-order valence-electron chi connectivity index (χ0n) is 49.7. The van der Waals surface area contributed by atoms with Crippen LogP contribution in [0.25, 0.3) is 11.3 Å². The van der Waals surface area contributed by atoms with Crippen molar-refractivity contribution in [2.24, 2.45) is 0 Å². The number of ether oxygens (including phenoxy) is 3. The van der Waals surface area contributed by atoms with Crippen LogP contribution in [0.5, 0.6) is 16.8 Å². The maximum atomic E-state index is 11.8. The lowest BCUT2D eigenvalue weighted by molar-refractivity contribution is -0.384. The second-order valence-electron chi connectivity index (χ2n) is 14.5. The number of aromatic nitrogens is 3. The molecular formula is C45H75N4O23P5S9. The number of methoxy groups -OCH3 is 1. The summed E-state index contributed by atoms with van der Waals surface area (Å²) in [6.07, 6.45) is -0.123. The average molecular weight is 1480 g/mol. The van der Waals surface area contributed by atoms with Crippen LogP contribution in [-0.4, -0.2) is 148 Å². The van der Waals surface area contributed by atoms with Crippen molar-refractivity contribution in [2.45, 2.75) is 66.0 Å². The molecule has 0 aliphatic heterocycles. The van der Waals surface area contributed by atoms with Crippen LogP contribution in [0, 0.1) is 10.1 Å². The number of hydrogen-bond donors (Lipinski definition) is 0. The summed E-state index contributed by atoms with van der Waals surface area (Å²) in [7, 11) is 9.12. The van der Waals surface area contributed by atoms with Gasteiger partial charge in [-0.1, -0.05) is 48.6 Å². The van der Waals surface area contributed by atoms with Gasteiger partial charge in [0.15, 0.2) is 5.76 Å². The number of carbonyl (C=O) groups excluding carboxylic acids is 2. The van der Waals surface area contributed by atoms with Crippen molar-refractivity contribution in [1.82, 2.24) is 14.9 Å². The fourth-order valence-electron chi connectivity index (χ4n) is 5.13. The molecule has 0 aliphatic carbocycles. The summed E-state index contributed by atoms with van der Waals surface area (Å²) in [5, 5.41) is 17.8. The van der Waals surface area contributed by atoms with Crippen LogP contribution >= 0.6 is 77.1 Å². The predicted molar refractivity (Wildman–Crippen MR) is 355 cm³/mol. The summed E-state index contributed by atoms with van der Waals surface area (Å²) in [6.45, 7) is 5.96. The van der Waals surface area contributed by atoms with Crippen LogP contribution in [0.3, 0.4) is 0 Å². The van der Waals surface area contributed by atoms with Gasteiger partial charge < -0.3 is 54.9 Å². The van der Waals surface area contributed by atoms with Gasteiger partial charge in [-0.3, -0.25) is 46.8 Å². The largest absolute Gasteiger partial charge is 0.472 e. The molecule has 2 unspecified atom stereocenters. The summed E-state index contributed by atoms with van der Waals surface area (Å²) in [4.78, 5) is 44.5. The van der Waals surface area contributed by atoms with Crippen molar-refractivity contribution in [3.63, 3.8) is 0 Å². The quantitative estimate of drug-likeness (QED) is 0.0177. The van der Waals surface area contributed by atoms with Gasteiger partial charge in [-0.05, 0) is 117 Å². The zero-order chi connectivity index (χ0) is 65.4. The number of hydrogen-bond acceptors (Lipinski definition) is 33. The van der Waals surface area contributed by atoms with Crippen molar-refractivity contribution in [3.8, 4) is 28.1 Å². The van der Waals surface area contributed by atoms with Crippen molar-refractivity contribution in [2.75, 3.05) is 107 Å². The van der Waals surface area contributed by atoms with Gasteiger partial charge in [0.25, 0.3) is 16.8 Å². The first-order chi connectivity index (χ1) is 40.7. The molecule has 2 heterocycles. The molecule has 0 saturated carbocycles. The van der Waals surface area contributed by atoms with Gasteiger partial charge in [0.1, 0.15) is 16.9 Å². The fraction of sp³-hybridized carbons (Fsp3) is 0.578. The van der Waals surface area contributed by atoms with Gasteiger partial charge in [-0.25, -0.2) is 9.25 Å². The van der Waals surface area contributed by atoms with E-state index in [1.54, 1.807) is 33.8 Å². The van der Waals surface area contributed by atoms with Gasteiger partial charge in [-0.15, -0.1) is 5.10 Å². The number of carbonyl (C=O) groups is 2. The SMILES string of the molecule is CCOC(=O)CC(SP(=S)(OC)OC)C(=O)OCC.CCOP(=S)(OCC)Oc1cc(-c2ccccc2)on1.CCOP(=S)(OCC)Oc1ccc([N+](=O)[O-])cc1.CCS(=O)CCSP(=O)(OC)OC.COc1nn(CSP(=S)(OC)OC)c(=O)s1. The third-order valence-corrected chi connectivity index (χ3v) is 31.6. The Morgan fingerprint density at radius 1 is 0.733 bits per heavy atom. The Kier molecular flexibility index (Phi) is 45.6. The van der Waals surface area contributed by atoms with Gasteiger partial charge in [0.2, 0.25) is 11.4 Å². The molecule has 0 saturated heterocycles. The number of nitro groups is 1.